The minimum atomic E-state index is 0.0358. The minimum Gasteiger partial charge on any atom is -0.381 e. The molecule has 0 aliphatic heterocycles. The SMILES string of the molecule is CO[C@@H]1CC[C@@]2(C)[C@@H](CC[C@H]3[C@H]2CC[C@]2(C)C(=O)CC[C@@H]32)C1. The first-order chi connectivity index (χ1) is 10.5. The van der Waals surface area contributed by atoms with Crippen molar-refractivity contribution in [3.05, 3.63) is 0 Å². The maximum Gasteiger partial charge on any atom is 0.139 e. The Bertz CT molecular complexity index is 472. The number of hydrogen-bond acceptors (Lipinski definition) is 2. The molecule has 4 fully saturated rings. The molecule has 0 bridgehead atoms. The number of Topliss-reactive ketones (excluding diaryl/α,β-unsaturated/α-hetero) is 1. The molecule has 4 aliphatic rings. The maximum absolute atomic E-state index is 12.4. The normalized spacial score (nSPS) is 54.5. The molecule has 0 spiro atoms. The minimum absolute atomic E-state index is 0.0358. The van der Waals surface area contributed by atoms with Gasteiger partial charge in [0.05, 0.1) is 6.10 Å². The van der Waals surface area contributed by atoms with Gasteiger partial charge in [0.15, 0.2) is 0 Å². The predicted molar refractivity (Wildman–Crippen MR) is 87.5 cm³/mol. The average molecular weight is 304 g/mol. The zero-order valence-electron chi connectivity index (χ0n) is 14.6. The van der Waals surface area contributed by atoms with Crippen molar-refractivity contribution in [2.24, 2.45) is 34.5 Å². The Morgan fingerprint density at radius 1 is 1.00 bits per heavy atom. The van der Waals surface area contributed by atoms with Crippen molar-refractivity contribution in [2.45, 2.75) is 77.7 Å². The molecule has 7 atom stereocenters. The van der Waals surface area contributed by atoms with Gasteiger partial charge in [0.25, 0.3) is 0 Å². The van der Waals surface area contributed by atoms with Crippen molar-refractivity contribution in [2.75, 3.05) is 7.11 Å². The lowest BCUT2D eigenvalue weighted by Gasteiger charge is -2.60. The van der Waals surface area contributed by atoms with Crippen molar-refractivity contribution >= 4 is 5.78 Å². The topological polar surface area (TPSA) is 26.3 Å². The first kappa shape index (κ1) is 15.2. The van der Waals surface area contributed by atoms with E-state index in [1.54, 1.807) is 0 Å². The summed E-state index contributed by atoms with van der Waals surface area (Å²) in [5.74, 6) is 3.82. The molecule has 0 aromatic rings. The van der Waals surface area contributed by atoms with Crippen molar-refractivity contribution in [3.8, 4) is 0 Å². The van der Waals surface area contributed by atoms with Crippen molar-refractivity contribution in [3.63, 3.8) is 0 Å². The van der Waals surface area contributed by atoms with E-state index in [0.29, 0.717) is 23.2 Å². The molecular formula is C20H32O2. The molecular weight excluding hydrogens is 272 g/mol. The molecule has 0 amide bonds. The number of fused-ring (bicyclic) bond motifs is 5. The Kier molecular flexibility index (Phi) is 3.49. The molecule has 4 saturated carbocycles. The van der Waals surface area contributed by atoms with E-state index in [2.05, 4.69) is 13.8 Å². The van der Waals surface area contributed by atoms with Gasteiger partial charge in [-0.25, -0.2) is 0 Å². The molecule has 0 radical (unpaired) electrons. The lowest BCUT2D eigenvalue weighted by molar-refractivity contribution is -0.143. The number of carbonyl (C=O) groups excluding carboxylic acids is 1. The van der Waals surface area contributed by atoms with Crippen LogP contribution in [0.1, 0.15) is 71.6 Å². The summed E-state index contributed by atoms with van der Waals surface area (Å²) in [6.45, 7) is 4.87. The smallest absolute Gasteiger partial charge is 0.139 e. The third-order valence-electron chi connectivity index (χ3n) is 8.66. The van der Waals surface area contributed by atoms with Gasteiger partial charge in [0.1, 0.15) is 5.78 Å². The number of ether oxygens (including phenoxy) is 1. The van der Waals surface area contributed by atoms with Crippen LogP contribution in [0.4, 0.5) is 0 Å². The summed E-state index contributed by atoms with van der Waals surface area (Å²) in [7, 11) is 1.88. The molecule has 22 heavy (non-hydrogen) atoms. The number of ketones is 1. The largest absolute Gasteiger partial charge is 0.381 e. The van der Waals surface area contributed by atoms with Gasteiger partial charge in [-0.05, 0) is 80.5 Å². The highest BCUT2D eigenvalue weighted by Crippen LogP contribution is 2.65. The number of hydrogen-bond donors (Lipinski definition) is 0. The number of methoxy groups -OCH3 is 1. The van der Waals surface area contributed by atoms with E-state index >= 15 is 0 Å². The first-order valence-electron chi connectivity index (χ1n) is 9.55. The van der Waals surface area contributed by atoms with E-state index in [1.165, 1.54) is 44.9 Å². The number of rotatable bonds is 1. The van der Waals surface area contributed by atoms with Gasteiger partial charge in [0, 0.05) is 18.9 Å². The first-order valence-corrected chi connectivity index (χ1v) is 9.55. The van der Waals surface area contributed by atoms with Crippen LogP contribution < -0.4 is 0 Å². The molecule has 0 heterocycles. The van der Waals surface area contributed by atoms with Crippen LogP contribution in [0.15, 0.2) is 0 Å². The van der Waals surface area contributed by atoms with Gasteiger partial charge in [-0.15, -0.1) is 0 Å². The van der Waals surface area contributed by atoms with Crippen LogP contribution >= 0.6 is 0 Å². The second-order valence-electron chi connectivity index (χ2n) is 9.21. The third-order valence-corrected chi connectivity index (χ3v) is 8.66. The second-order valence-corrected chi connectivity index (χ2v) is 9.21. The van der Waals surface area contributed by atoms with Crippen molar-refractivity contribution in [1.29, 1.82) is 0 Å². The van der Waals surface area contributed by atoms with Crippen LogP contribution in [0.25, 0.3) is 0 Å². The van der Waals surface area contributed by atoms with E-state index < -0.39 is 0 Å². The van der Waals surface area contributed by atoms with E-state index in [1.807, 2.05) is 7.11 Å². The van der Waals surface area contributed by atoms with Crippen molar-refractivity contribution < 1.29 is 9.53 Å². The third kappa shape index (κ3) is 1.92. The molecule has 0 aromatic carbocycles. The Hall–Kier alpha value is -0.370. The quantitative estimate of drug-likeness (QED) is 0.707. The summed E-state index contributed by atoms with van der Waals surface area (Å²) in [6.07, 6.45) is 11.6. The summed E-state index contributed by atoms with van der Waals surface area (Å²) >= 11 is 0. The number of carbonyl (C=O) groups is 1. The zero-order chi connectivity index (χ0) is 15.5. The summed E-state index contributed by atoms with van der Waals surface area (Å²) in [6, 6.07) is 0. The molecule has 2 heteroatoms. The molecule has 0 saturated heterocycles. The molecule has 4 aliphatic carbocycles. The zero-order valence-corrected chi connectivity index (χ0v) is 14.6. The molecule has 4 rings (SSSR count). The highest BCUT2D eigenvalue weighted by Gasteiger charge is 2.60. The van der Waals surface area contributed by atoms with Gasteiger partial charge in [-0.2, -0.15) is 0 Å². The average Bonchev–Trinajstić information content (AvgIpc) is 2.82. The summed E-state index contributed by atoms with van der Waals surface area (Å²) in [5.41, 5.74) is 0.555. The summed E-state index contributed by atoms with van der Waals surface area (Å²) in [5, 5.41) is 0. The predicted octanol–water partition coefficient (Wildman–Crippen LogP) is 4.61. The van der Waals surface area contributed by atoms with Crippen LogP contribution in [0.3, 0.4) is 0 Å². The van der Waals surface area contributed by atoms with E-state index in [4.69, 9.17) is 4.74 Å². The van der Waals surface area contributed by atoms with Crippen LogP contribution in [0, 0.1) is 34.5 Å². The van der Waals surface area contributed by atoms with Gasteiger partial charge in [-0.3, -0.25) is 4.79 Å². The van der Waals surface area contributed by atoms with Crippen LogP contribution in [0.5, 0.6) is 0 Å². The van der Waals surface area contributed by atoms with Gasteiger partial charge in [-0.1, -0.05) is 13.8 Å². The summed E-state index contributed by atoms with van der Waals surface area (Å²) in [4.78, 5) is 12.4. The van der Waals surface area contributed by atoms with E-state index in [9.17, 15) is 4.79 Å². The molecule has 2 nitrogen and oxygen atoms in total. The Morgan fingerprint density at radius 2 is 1.82 bits per heavy atom. The monoisotopic (exact) mass is 304 g/mol. The van der Waals surface area contributed by atoms with Gasteiger partial charge >= 0.3 is 0 Å². The van der Waals surface area contributed by atoms with Gasteiger partial charge < -0.3 is 4.74 Å². The fourth-order valence-electron chi connectivity index (χ4n) is 7.20. The Labute approximate surface area is 135 Å². The fraction of sp³-hybridized carbons (Fsp3) is 0.950. The Balaban J connectivity index is 1.60. The van der Waals surface area contributed by atoms with Crippen LogP contribution in [-0.4, -0.2) is 19.0 Å². The van der Waals surface area contributed by atoms with Crippen molar-refractivity contribution in [1.82, 2.24) is 0 Å². The second kappa shape index (κ2) is 5.06. The molecule has 124 valence electrons. The van der Waals surface area contributed by atoms with Crippen LogP contribution in [0.2, 0.25) is 0 Å². The highest BCUT2D eigenvalue weighted by atomic mass is 16.5. The Morgan fingerprint density at radius 3 is 2.59 bits per heavy atom. The van der Waals surface area contributed by atoms with Gasteiger partial charge in [0.2, 0.25) is 0 Å². The van der Waals surface area contributed by atoms with E-state index in [-0.39, 0.29) is 5.41 Å². The highest BCUT2D eigenvalue weighted by molar-refractivity contribution is 5.87. The lowest BCUT2D eigenvalue weighted by atomic mass is 9.45. The van der Waals surface area contributed by atoms with E-state index in [0.717, 1.165) is 30.6 Å². The standard InChI is InChI=1S/C20H32O2/c1-19-10-8-14(22-3)12-13(19)4-5-15-16-6-7-18(21)20(16,2)11-9-17(15)19/h13-17H,4-12H2,1-3H3/t13-,14+,15+,16-,17+,19-,20-/m0/s1. The molecule has 0 N–H and O–H groups in total. The molecule has 0 unspecified atom stereocenters. The fourth-order valence-corrected chi connectivity index (χ4v) is 7.20. The molecule has 0 aromatic heterocycles. The van der Waals surface area contributed by atoms with Crippen LogP contribution in [-0.2, 0) is 9.53 Å². The summed E-state index contributed by atoms with van der Waals surface area (Å²) < 4.78 is 5.68. The maximum atomic E-state index is 12.4. The lowest BCUT2D eigenvalue weighted by Crippen LogP contribution is -2.54.